The van der Waals surface area contributed by atoms with Crippen LogP contribution in [0.15, 0.2) is 12.1 Å². The molecule has 2 N–H and O–H groups in total. The lowest BCUT2D eigenvalue weighted by Gasteiger charge is -2.41. The van der Waals surface area contributed by atoms with Gasteiger partial charge in [0.1, 0.15) is 5.82 Å². The maximum Gasteiger partial charge on any atom is 0.145 e. The Hall–Kier alpha value is -0.600. The lowest BCUT2D eigenvalue weighted by Crippen LogP contribution is -2.42. The van der Waals surface area contributed by atoms with Crippen molar-refractivity contribution >= 4 is 11.6 Å². The molecule has 0 unspecified atom stereocenters. The van der Waals surface area contributed by atoms with Crippen molar-refractivity contribution < 1.29 is 4.39 Å². The van der Waals surface area contributed by atoms with Gasteiger partial charge in [0.05, 0.1) is 5.02 Å². The SMILES string of the molecule is Cc1cc(Cl)c(F)c(C2(CN)CCC2)c1. The molecule has 1 saturated carbocycles. The van der Waals surface area contributed by atoms with Crippen LogP contribution in [0.3, 0.4) is 0 Å². The first-order valence-corrected chi connectivity index (χ1v) is 5.63. The second-order valence-corrected chi connectivity index (χ2v) is 4.85. The van der Waals surface area contributed by atoms with Gasteiger partial charge in [-0.15, -0.1) is 0 Å². The van der Waals surface area contributed by atoms with Crippen LogP contribution in [0, 0.1) is 12.7 Å². The van der Waals surface area contributed by atoms with E-state index in [4.69, 9.17) is 17.3 Å². The standard InChI is InChI=1S/C12H15ClFN/c1-8-5-9(11(14)10(13)6-8)12(7-15)3-2-4-12/h5-6H,2-4,7,15H2,1H3. The summed E-state index contributed by atoms with van der Waals surface area (Å²) in [6.07, 6.45) is 3.07. The molecule has 3 heteroatoms. The van der Waals surface area contributed by atoms with Crippen LogP contribution in [-0.2, 0) is 5.41 Å². The summed E-state index contributed by atoms with van der Waals surface area (Å²) in [6, 6.07) is 3.54. The lowest BCUT2D eigenvalue weighted by molar-refractivity contribution is 0.244. The molecule has 0 saturated heterocycles. The van der Waals surface area contributed by atoms with Crippen molar-refractivity contribution in [2.45, 2.75) is 31.6 Å². The lowest BCUT2D eigenvalue weighted by atomic mass is 9.64. The van der Waals surface area contributed by atoms with Gasteiger partial charge in [-0.2, -0.15) is 0 Å². The molecule has 0 bridgehead atoms. The van der Waals surface area contributed by atoms with Crippen molar-refractivity contribution in [3.63, 3.8) is 0 Å². The minimum absolute atomic E-state index is 0.153. The maximum absolute atomic E-state index is 13.9. The molecule has 1 aromatic rings. The van der Waals surface area contributed by atoms with Gasteiger partial charge in [-0.05, 0) is 37.0 Å². The average Bonchev–Trinajstić information content (AvgIpc) is 2.12. The van der Waals surface area contributed by atoms with E-state index >= 15 is 0 Å². The summed E-state index contributed by atoms with van der Waals surface area (Å²) in [7, 11) is 0. The molecule has 1 aromatic carbocycles. The molecule has 0 aliphatic heterocycles. The fourth-order valence-electron chi connectivity index (χ4n) is 2.30. The van der Waals surface area contributed by atoms with E-state index in [1.54, 1.807) is 6.07 Å². The van der Waals surface area contributed by atoms with Crippen LogP contribution >= 0.6 is 11.6 Å². The van der Waals surface area contributed by atoms with E-state index in [-0.39, 0.29) is 16.3 Å². The Bertz CT molecular complexity index is 380. The van der Waals surface area contributed by atoms with Gasteiger partial charge in [-0.25, -0.2) is 4.39 Å². The topological polar surface area (TPSA) is 26.0 Å². The van der Waals surface area contributed by atoms with Gasteiger partial charge in [-0.1, -0.05) is 24.1 Å². The molecule has 0 heterocycles. The Kier molecular flexibility index (Phi) is 2.73. The second-order valence-electron chi connectivity index (χ2n) is 4.45. The summed E-state index contributed by atoms with van der Waals surface area (Å²) in [5, 5.41) is 0.213. The molecular formula is C12H15ClFN. The van der Waals surface area contributed by atoms with Crippen LogP contribution in [0.1, 0.15) is 30.4 Å². The van der Waals surface area contributed by atoms with E-state index < -0.39 is 0 Å². The Morgan fingerprint density at radius 2 is 2.13 bits per heavy atom. The fourth-order valence-corrected chi connectivity index (χ4v) is 2.57. The van der Waals surface area contributed by atoms with Gasteiger partial charge in [0, 0.05) is 12.0 Å². The number of nitrogens with two attached hydrogens (primary N) is 1. The van der Waals surface area contributed by atoms with Crippen molar-refractivity contribution in [2.75, 3.05) is 6.54 Å². The number of hydrogen-bond donors (Lipinski definition) is 1. The van der Waals surface area contributed by atoms with E-state index in [1.807, 2.05) is 13.0 Å². The number of halogens is 2. The van der Waals surface area contributed by atoms with Crippen LogP contribution in [-0.4, -0.2) is 6.54 Å². The minimum atomic E-state index is -0.285. The second kappa shape index (κ2) is 3.76. The third-order valence-electron chi connectivity index (χ3n) is 3.45. The predicted molar refractivity (Wildman–Crippen MR) is 60.7 cm³/mol. The van der Waals surface area contributed by atoms with Gasteiger partial charge in [0.25, 0.3) is 0 Å². The van der Waals surface area contributed by atoms with E-state index in [9.17, 15) is 4.39 Å². The first kappa shape index (κ1) is 10.9. The van der Waals surface area contributed by atoms with Crippen molar-refractivity contribution in [2.24, 2.45) is 5.73 Å². The normalized spacial score (nSPS) is 18.7. The minimum Gasteiger partial charge on any atom is -0.330 e. The zero-order valence-corrected chi connectivity index (χ0v) is 9.57. The number of aryl methyl sites for hydroxylation is 1. The highest BCUT2D eigenvalue weighted by Gasteiger charge is 2.39. The molecule has 1 nitrogen and oxygen atoms in total. The van der Waals surface area contributed by atoms with Crippen LogP contribution in [0.4, 0.5) is 4.39 Å². The van der Waals surface area contributed by atoms with E-state index in [0.717, 1.165) is 24.8 Å². The zero-order valence-electron chi connectivity index (χ0n) is 8.82. The summed E-state index contributed by atoms with van der Waals surface area (Å²) >= 11 is 5.85. The zero-order chi connectivity index (χ0) is 11.1. The van der Waals surface area contributed by atoms with Crippen LogP contribution in [0.25, 0.3) is 0 Å². The molecule has 82 valence electrons. The Morgan fingerprint density at radius 1 is 1.47 bits per heavy atom. The quantitative estimate of drug-likeness (QED) is 0.825. The van der Waals surface area contributed by atoms with E-state index in [2.05, 4.69) is 0 Å². The average molecular weight is 228 g/mol. The van der Waals surface area contributed by atoms with Gasteiger partial charge in [-0.3, -0.25) is 0 Å². The molecule has 0 radical (unpaired) electrons. The van der Waals surface area contributed by atoms with Gasteiger partial charge < -0.3 is 5.73 Å². The molecule has 0 spiro atoms. The highest BCUT2D eigenvalue weighted by molar-refractivity contribution is 6.30. The molecule has 0 atom stereocenters. The van der Waals surface area contributed by atoms with Crippen LogP contribution in [0.5, 0.6) is 0 Å². The van der Waals surface area contributed by atoms with Crippen molar-refractivity contribution in [1.29, 1.82) is 0 Å². The summed E-state index contributed by atoms with van der Waals surface area (Å²) in [6.45, 7) is 2.43. The predicted octanol–water partition coefficient (Wildman–Crippen LogP) is 3.17. The highest BCUT2D eigenvalue weighted by Crippen LogP contribution is 2.45. The first-order chi connectivity index (χ1) is 7.09. The third-order valence-corrected chi connectivity index (χ3v) is 3.72. The summed E-state index contributed by atoms with van der Waals surface area (Å²) in [4.78, 5) is 0. The third kappa shape index (κ3) is 1.66. The molecule has 1 aliphatic carbocycles. The Labute approximate surface area is 94.4 Å². The molecule has 1 fully saturated rings. The molecule has 1 aliphatic rings. The fraction of sp³-hybridized carbons (Fsp3) is 0.500. The smallest absolute Gasteiger partial charge is 0.145 e. The summed E-state index contributed by atoms with van der Waals surface area (Å²) in [5.41, 5.74) is 7.31. The van der Waals surface area contributed by atoms with E-state index in [0.29, 0.717) is 12.1 Å². The number of rotatable bonds is 2. The number of hydrogen-bond acceptors (Lipinski definition) is 1. The van der Waals surface area contributed by atoms with Crippen LogP contribution < -0.4 is 5.73 Å². The van der Waals surface area contributed by atoms with Crippen molar-refractivity contribution in [3.05, 3.63) is 34.1 Å². The number of benzene rings is 1. The summed E-state index contributed by atoms with van der Waals surface area (Å²) in [5.74, 6) is -0.285. The summed E-state index contributed by atoms with van der Waals surface area (Å²) < 4.78 is 13.9. The largest absolute Gasteiger partial charge is 0.330 e. The van der Waals surface area contributed by atoms with Crippen molar-refractivity contribution in [1.82, 2.24) is 0 Å². The highest BCUT2D eigenvalue weighted by atomic mass is 35.5. The first-order valence-electron chi connectivity index (χ1n) is 5.25. The molecular weight excluding hydrogens is 213 g/mol. The maximum atomic E-state index is 13.9. The monoisotopic (exact) mass is 227 g/mol. The van der Waals surface area contributed by atoms with Crippen LogP contribution in [0.2, 0.25) is 5.02 Å². The molecule has 0 amide bonds. The van der Waals surface area contributed by atoms with Gasteiger partial charge in [0.2, 0.25) is 0 Å². The Morgan fingerprint density at radius 3 is 2.60 bits per heavy atom. The Balaban J connectivity index is 2.51. The molecule has 15 heavy (non-hydrogen) atoms. The molecule has 2 rings (SSSR count). The van der Waals surface area contributed by atoms with Crippen molar-refractivity contribution in [3.8, 4) is 0 Å². The molecule has 0 aromatic heterocycles. The van der Waals surface area contributed by atoms with Gasteiger partial charge in [0.15, 0.2) is 0 Å². The van der Waals surface area contributed by atoms with Gasteiger partial charge >= 0.3 is 0 Å². The van der Waals surface area contributed by atoms with E-state index in [1.165, 1.54) is 0 Å².